The molecule has 3 aliphatic heterocycles. The van der Waals surface area contributed by atoms with Gasteiger partial charge in [-0.05, 0) is 52.4 Å². The Balaban J connectivity index is 1.84. The zero-order valence-corrected chi connectivity index (χ0v) is 37.8. The van der Waals surface area contributed by atoms with Crippen LogP contribution in [0.4, 0.5) is 0 Å². The third-order valence-corrected chi connectivity index (χ3v) is 12.2. The number of carbonyl (C=O) groups excluding carboxylic acids is 1. The maximum Gasteiger partial charge on any atom is 0.311 e. The lowest BCUT2D eigenvalue weighted by atomic mass is 9.82. The zero-order valence-electron chi connectivity index (χ0n) is 37.8. The van der Waals surface area contributed by atoms with Crippen molar-refractivity contribution in [2.45, 2.75) is 189 Å². The van der Waals surface area contributed by atoms with Crippen LogP contribution in [-0.4, -0.2) is 166 Å². The number of fused-ring (bicyclic) bond motifs is 2. The highest BCUT2D eigenvalue weighted by atomic mass is 16.7. The van der Waals surface area contributed by atoms with Crippen LogP contribution < -0.4 is 5.73 Å². The highest BCUT2D eigenvalue weighted by molar-refractivity contribution is 5.71. The second-order valence-electron chi connectivity index (χ2n) is 17.8. The molecular formula is C47H75NO17. The second kappa shape index (κ2) is 27.6. The van der Waals surface area contributed by atoms with E-state index in [1.54, 1.807) is 38.2 Å². The molecule has 0 aromatic heterocycles. The van der Waals surface area contributed by atoms with Crippen molar-refractivity contribution >= 4 is 11.9 Å². The van der Waals surface area contributed by atoms with Gasteiger partial charge >= 0.3 is 11.9 Å². The molecular weight excluding hydrogens is 851 g/mol. The van der Waals surface area contributed by atoms with Crippen LogP contribution in [0.5, 0.6) is 0 Å². The average Bonchev–Trinajstić information content (AvgIpc) is 3.21. The van der Waals surface area contributed by atoms with Crippen molar-refractivity contribution in [3.63, 3.8) is 0 Å². The summed E-state index contributed by atoms with van der Waals surface area (Å²) in [5.74, 6) is -6.82. The van der Waals surface area contributed by atoms with Crippen LogP contribution >= 0.6 is 0 Å². The molecule has 0 saturated carbocycles. The number of carbonyl (C=O) groups is 2. The van der Waals surface area contributed by atoms with Crippen LogP contribution in [-0.2, 0) is 28.5 Å². The van der Waals surface area contributed by atoms with Gasteiger partial charge in [0.1, 0.15) is 18.1 Å². The quantitative estimate of drug-likeness (QED) is 0.175. The van der Waals surface area contributed by atoms with Crippen LogP contribution in [0.2, 0.25) is 0 Å². The van der Waals surface area contributed by atoms with Crippen molar-refractivity contribution < 1.29 is 84.7 Å². The third kappa shape index (κ3) is 18.8. The summed E-state index contributed by atoms with van der Waals surface area (Å²) >= 11 is 0. The summed E-state index contributed by atoms with van der Waals surface area (Å²) in [6.07, 6.45) is 2.28. The molecule has 3 aliphatic rings. The second-order valence-corrected chi connectivity index (χ2v) is 17.8. The number of carboxylic acid groups (broad SMARTS) is 1. The first-order valence-electron chi connectivity index (χ1n) is 22.6. The number of allylic oxidation sites excluding steroid dienone is 10. The largest absolute Gasteiger partial charge is 0.481 e. The molecule has 2 saturated heterocycles. The fourth-order valence-corrected chi connectivity index (χ4v) is 8.11. The van der Waals surface area contributed by atoms with Crippen LogP contribution in [0.1, 0.15) is 91.9 Å². The molecule has 0 aromatic carbocycles. The van der Waals surface area contributed by atoms with E-state index in [1.165, 1.54) is 13.0 Å². The van der Waals surface area contributed by atoms with Gasteiger partial charge in [0.05, 0.1) is 79.6 Å². The minimum atomic E-state index is -2.35. The molecule has 0 aromatic rings. The molecule has 0 amide bonds. The Kier molecular flexibility index (Phi) is 23.8. The fourth-order valence-electron chi connectivity index (χ4n) is 8.11. The first-order chi connectivity index (χ1) is 30.6. The summed E-state index contributed by atoms with van der Waals surface area (Å²) in [5.41, 5.74) is 6.02. The van der Waals surface area contributed by atoms with Gasteiger partial charge in [-0.25, -0.2) is 0 Å². The molecule has 19 atom stereocenters. The zero-order chi connectivity index (χ0) is 48.4. The van der Waals surface area contributed by atoms with E-state index in [0.29, 0.717) is 0 Å². The summed E-state index contributed by atoms with van der Waals surface area (Å²) in [6.45, 7) is 6.78. The van der Waals surface area contributed by atoms with E-state index in [9.17, 15) is 65.8 Å². The molecule has 3 rings (SSSR count). The molecule has 0 unspecified atom stereocenters. The summed E-state index contributed by atoms with van der Waals surface area (Å²) in [6, 6.07) is -1.14. The van der Waals surface area contributed by atoms with E-state index in [2.05, 4.69) is 0 Å². The summed E-state index contributed by atoms with van der Waals surface area (Å²) in [7, 11) is 0. The van der Waals surface area contributed by atoms with Gasteiger partial charge in [-0.3, -0.25) is 9.59 Å². The van der Waals surface area contributed by atoms with Crippen LogP contribution in [0, 0.1) is 17.8 Å². The van der Waals surface area contributed by atoms with Gasteiger partial charge in [0.2, 0.25) is 0 Å². The predicted octanol–water partition coefficient (Wildman–Crippen LogP) is 0.936. The van der Waals surface area contributed by atoms with Gasteiger partial charge in [-0.2, -0.15) is 0 Å². The number of cyclic esters (lactones) is 1. The lowest BCUT2D eigenvalue weighted by Crippen LogP contribution is -2.61. The van der Waals surface area contributed by atoms with E-state index in [4.69, 9.17) is 24.7 Å². The Morgan fingerprint density at radius 3 is 1.94 bits per heavy atom. The Labute approximate surface area is 381 Å². The Hall–Kier alpha value is -3.18. The standard InChI is InChI=1S/C47H75NO17/c1-27-17-15-13-11-9-7-5-6-8-10-12-14-16-18-34(64-46-44(58)41(48)43(57)30(4)63-46)24-38-40(45(59)60)37(54)26-47(61,65-38)25-36(53)35(52)20-19-31(49)21-32(50)22-33(51)23-39(55)62-29(3)28(2)42(27)56/h5-6,8,10-18,27-38,40-44,46,49-54,56-58,61H,7,9,19-26,48H2,1-4H3,(H,59,60)/b6-5+,10-8+,13-11+,14-12+,17-15+,18-16+/t27-,28+,29-,30-,31+,32+,33+,34+,35-,36+,37+,38-,40-,41+,42-,43+,44+,46+,47+/m1/s1. The molecule has 65 heavy (non-hydrogen) atoms. The Morgan fingerprint density at radius 1 is 0.692 bits per heavy atom. The summed E-state index contributed by atoms with van der Waals surface area (Å²) in [5, 5.41) is 118. The highest BCUT2D eigenvalue weighted by Crippen LogP contribution is 2.38. The van der Waals surface area contributed by atoms with E-state index in [-0.39, 0.29) is 38.0 Å². The molecule has 2 bridgehead atoms. The monoisotopic (exact) mass is 926 g/mol. The summed E-state index contributed by atoms with van der Waals surface area (Å²) < 4.78 is 23.2. The number of hydrogen-bond donors (Lipinski definition) is 12. The number of nitrogens with two attached hydrogens (primary N) is 1. The van der Waals surface area contributed by atoms with Crippen molar-refractivity contribution in [1.82, 2.24) is 0 Å². The molecule has 0 spiro atoms. The van der Waals surface area contributed by atoms with Gasteiger partial charge in [0.25, 0.3) is 0 Å². The predicted molar refractivity (Wildman–Crippen MR) is 237 cm³/mol. The number of aliphatic carboxylic acids is 1. The van der Waals surface area contributed by atoms with E-state index < -0.39 is 141 Å². The van der Waals surface area contributed by atoms with Gasteiger partial charge in [-0.1, -0.05) is 86.8 Å². The number of esters is 1. The lowest BCUT2D eigenvalue weighted by molar-refractivity contribution is -0.310. The molecule has 18 nitrogen and oxygen atoms in total. The number of rotatable bonds is 3. The maximum atomic E-state index is 12.6. The van der Waals surface area contributed by atoms with Crippen molar-refractivity contribution in [2.75, 3.05) is 0 Å². The SMILES string of the molecule is C[C@@H]1[C@H](O)[C@H](C)/C=C/C=C/CC/C=C/C=C/C=C/C=C/[C@H](O[C@@H]2O[C@H](C)[C@H](O)[C@H](N)[C@@H]2O)C[C@H]2O[C@](O)(C[C@H](O)[C@H]2C(=O)O)C[C@H](O)[C@H](O)CC[C@H](O)C[C@H](O)C[C@H](O)CC(=O)O[C@@H]1C. The number of aliphatic hydroxyl groups is 10. The Morgan fingerprint density at radius 2 is 1.28 bits per heavy atom. The van der Waals surface area contributed by atoms with Crippen molar-refractivity contribution in [2.24, 2.45) is 23.5 Å². The number of ether oxygens (including phenoxy) is 4. The van der Waals surface area contributed by atoms with Crippen LogP contribution in [0.25, 0.3) is 0 Å². The van der Waals surface area contributed by atoms with Crippen molar-refractivity contribution in [3.8, 4) is 0 Å². The van der Waals surface area contributed by atoms with E-state index in [1.807, 2.05) is 49.5 Å². The first kappa shape index (κ1) is 56.1. The number of aliphatic hydroxyl groups excluding tert-OH is 9. The lowest BCUT2D eigenvalue weighted by Gasteiger charge is -2.45. The molecule has 2 fully saturated rings. The molecule has 0 aliphatic carbocycles. The molecule has 13 N–H and O–H groups in total. The topological polar surface area (TPSA) is 320 Å². The molecule has 18 heteroatoms. The van der Waals surface area contributed by atoms with Gasteiger partial charge in [0.15, 0.2) is 12.1 Å². The number of carboxylic acids is 1. The van der Waals surface area contributed by atoms with Gasteiger partial charge in [-0.15, -0.1) is 0 Å². The maximum absolute atomic E-state index is 12.6. The van der Waals surface area contributed by atoms with Crippen molar-refractivity contribution in [1.29, 1.82) is 0 Å². The minimum Gasteiger partial charge on any atom is -0.481 e. The van der Waals surface area contributed by atoms with Crippen LogP contribution in [0.3, 0.4) is 0 Å². The van der Waals surface area contributed by atoms with E-state index >= 15 is 0 Å². The normalized spacial score (nSPS) is 45.2. The molecule has 0 radical (unpaired) electrons. The minimum absolute atomic E-state index is 0.138. The van der Waals surface area contributed by atoms with Crippen LogP contribution in [0.15, 0.2) is 72.9 Å². The van der Waals surface area contributed by atoms with Gasteiger partial charge in [0, 0.05) is 31.1 Å². The highest BCUT2D eigenvalue weighted by Gasteiger charge is 2.51. The third-order valence-electron chi connectivity index (χ3n) is 12.2. The first-order valence-corrected chi connectivity index (χ1v) is 22.6. The average molecular weight is 926 g/mol. The smallest absolute Gasteiger partial charge is 0.311 e. The fraction of sp³-hybridized carbons (Fsp3) is 0.702. The van der Waals surface area contributed by atoms with Crippen molar-refractivity contribution in [3.05, 3.63) is 72.9 Å². The number of hydrogen-bond acceptors (Lipinski definition) is 17. The van der Waals surface area contributed by atoms with E-state index in [0.717, 1.165) is 12.8 Å². The summed E-state index contributed by atoms with van der Waals surface area (Å²) in [4.78, 5) is 25.1. The molecule has 3 heterocycles. The van der Waals surface area contributed by atoms with Gasteiger partial charge < -0.3 is 80.9 Å². The molecule has 370 valence electrons. The Bertz CT molecular complexity index is 1620.